The Morgan fingerprint density at radius 3 is 3.23 bits per heavy atom. The van der Waals surface area contributed by atoms with E-state index in [1.54, 1.807) is 11.8 Å². The molecule has 0 saturated carbocycles. The van der Waals surface area contributed by atoms with Gasteiger partial charge in [-0.3, -0.25) is 0 Å². The minimum Gasteiger partial charge on any atom is -0.384 e. The van der Waals surface area contributed by atoms with E-state index in [9.17, 15) is 4.21 Å². The summed E-state index contributed by atoms with van der Waals surface area (Å²) in [6.45, 7) is 1.70. The molecule has 2 aliphatic heterocycles. The van der Waals surface area contributed by atoms with Crippen LogP contribution in [0.5, 0.6) is 0 Å². The van der Waals surface area contributed by atoms with E-state index in [2.05, 4.69) is 20.9 Å². The van der Waals surface area contributed by atoms with Crippen molar-refractivity contribution in [1.82, 2.24) is 9.55 Å². The Morgan fingerprint density at radius 1 is 1.50 bits per heavy atom. The SMILES string of the molecule is C=S(=O)(Nc1ccc2c(c1)CCN2)c1c(Cl)nc2n1CCS2. The highest BCUT2D eigenvalue weighted by atomic mass is 35.5. The number of nitrogens with zero attached hydrogens (tertiary/aromatic N) is 2. The van der Waals surface area contributed by atoms with Gasteiger partial charge in [0, 0.05) is 30.2 Å². The molecule has 0 amide bonds. The Bertz CT molecular complexity index is 860. The number of thioether (sulfide) groups is 1. The van der Waals surface area contributed by atoms with Gasteiger partial charge in [-0.1, -0.05) is 23.4 Å². The van der Waals surface area contributed by atoms with Crippen molar-refractivity contribution >= 4 is 50.3 Å². The van der Waals surface area contributed by atoms with Gasteiger partial charge in [0.15, 0.2) is 15.3 Å². The van der Waals surface area contributed by atoms with E-state index >= 15 is 0 Å². The van der Waals surface area contributed by atoms with Gasteiger partial charge < -0.3 is 14.6 Å². The molecule has 8 heteroatoms. The van der Waals surface area contributed by atoms with Crippen molar-refractivity contribution in [3.63, 3.8) is 0 Å². The van der Waals surface area contributed by atoms with E-state index in [0.29, 0.717) is 5.03 Å². The van der Waals surface area contributed by atoms with Crippen LogP contribution in [-0.4, -0.2) is 31.9 Å². The van der Waals surface area contributed by atoms with Crippen LogP contribution < -0.4 is 10.0 Å². The molecule has 2 aromatic rings. The van der Waals surface area contributed by atoms with Crippen LogP contribution >= 0.6 is 23.4 Å². The molecular formula is C14H15ClN4OS2. The number of aromatic nitrogens is 2. The summed E-state index contributed by atoms with van der Waals surface area (Å²) in [6, 6.07) is 5.93. The highest BCUT2D eigenvalue weighted by Gasteiger charge is 2.26. The lowest BCUT2D eigenvalue weighted by Gasteiger charge is -2.15. The van der Waals surface area contributed by atoms with Crippen molar-refractivity contribution in [2.45, 2.75) is 23.1 Å². The summed E-state index contributed by atoms with van der Waals surface area (Å²) in [7, 11) is -2.76. The zero-order valence-electron chi connectivity index (χ0n) is 11.8. The van der Waals surface area contributed by atoms with E-state index in [1.807, 2.05) is 22.8 Å². The zero-order chi connectivity index (χ0) is 15.3. The molecule has 0 radical (unpaired) electrons. The molecule has 1 unspecified atom stereocenters. The number of imidazole rings is 1. The molecule has 1 aromatic heterocycles. The van der Waals surface area contributed by atoms with Gasteiger partial charge in [-0.2, -0.15) is 0 Å². The Hall–Kier alpha value is -1.31. The molecule has 1 atom stereocenters. The summed E-state index contributed by atoms with van der Waals surface area (Å²) in [5.74, 6) is 4.81. The fraction of sp³-hybridized carbons (Fsp3) is 0.286. The van der Waals surface area contributed by atoms with E-state index in [1.165, 1.54) is 5.56 Å². The maximum Gasteiger partial charge on any atom is 0.170 e. The Morgan fingerprint density at radius 2 is 2.36 bits per heavy atom. The second-order valence-electron chi connectivity index (χ2n) is 5.32. The van der Waals surface area contributed by atoms with Crippen LogP contribution in [0.3, 0.4) is 0 Å². The van der Waals surface area contributed by atoms with E-state index in [4.69, 9.17) is 11.6 Å². The van der Waals surface area contributed by atoms with E-state index < -0.39 is 9.71 Å². The van der Waals surface area contributed by atoms with Crippen molar-refractivity contribution in [3.8, 4) is 0 Å². The standard InChI is InChI=1S/C14H15ClN4OS2/c1-22(20,13-12(15)17-14-19(13)6-7-21-14)18-10-2-3-11-9(8-10)4-5-16-11/h2-3,8,16H,1,4-7H2,(H,18,20). The number of benzene rings is 1. The lowest BCUT2D eigenvalue weighted by Crippen LogP contribution is -2.17. The van der Waals surface area contributed by atoms with Crippen molar-refractivity contribution in [2.24, 2.45) is 0 Å². The molecule has 4 rings (SSSR count). The maximum atomic E-state index is 13.1. The van der Waals surface area contributed by atoms with Gasteiger partial charge in [0.2, 0.25) is 0 Å². The fourth-order valence-electron chi connectivity index (χ4n) is 2.85. The molecule has 3 heterocycles. The third-order valence-electron chi connectivity index (χ3n) is 3.80. The van der Waals surface area contributed by atoms with Crippen molar-refractivity contribution in [3.05, 3.63) is 28.9 Å². The number of halogens is 1. The Kier molecular flexibility index (Phi) is 3.32. The molecule has 0 spiro atoms. The third kappa shape index (κ3) is 2.28. The normalized spacial score (nSPS) is 18.4. The van der Waals surface area contributed by atoms with Gasteiger partial charge in [-0.05, 0) is 36.1 Å². The number of rotatable bonds is 3. The van der Waals surface area contributed by atoms with Gasteiger partial charge in [0.25, 0.3) is 0 Å². The monoisotopic (exact) mass is 354 g/mol. The third-order valence-corrected chi connectivity index (χ3v) is 6.74. The quantitative estimate of drug-likeness (QED) is 0.832. The lowest BCUT2D eigenvalue weighted by atomic mass is 10.1. The number of anilines is 2. The largest absolute Gasteiger partial charge is 0.384 e. The predicted octanol–water partition coefficient (Wildman–Crippen LogP) is 2.71. The zero-order valence-corrected chi connectivity index (χ0v) is 14.2. The molecule has 2 aliphatic rings. The highest BCUT2D eigenvalue weighted by Crippen LogP contribution is 2.34. The van der Waals surface area contributed by atoms with Crippen LogP contribution in [0.1, 0.15) is 5.56 Å². The highest BCUT2D eigenvalue weighted by molar-refractivity contribution is 8.01. The minimum absolute atomic E-state index is 0.275. The minimum atomic E-state index is -2.76. The molecule has 5 nitrogen and oxygen atoms in total. The van der Waals surface area contributed by atoms with Gasteiger partial charge in [-0.15, -0.1) is 0 Å². The maximum absolute atomic E-state index is 13.1. The first-order chi connectivity index (χ1) is 10.5. The molecule has 0 saturated heterocycles. The Balaban J connectivity index is 1.70. The summed E-state index contributed by atoms with van der Waals surface area (Å²) < 4.78 is 18.1. The van der Waals surface area contributed by atoms with Crippen LogP contribution in [0.25, 0.3) is 0 Å². The van der Waals surface area contributed by atoms with Crippen LogP contribution in [0.4, 0.5) is 11.4 Å². The predicted molar refractivity (Wildman–Crippen MR) is 93.7 cm³/mol. The topological polar surface area (TPSA) is 59.0 Å². The molecule has 2 N–H and O–H groups in total. The summed E-state index contributed by atoms with van der Waals surface area (Å²) in [5, 5.41) is 4.89. The second kappa shape index (κ2) is 5.11. The number of fused-ring (bicyclic) bond motifs is 2. The van der Waals surface area contributed by atoms with Crippen molar-refractivity contribution in [2.75, 3.05) is 22.3 Å². The Labute approximate surface area is 138 Å². The van der Waals surface area contributed by atoms with Crippen LogP contribution in [0.15, 0.2) is 28.4 Å². The van der Waals surface area contributed by atoms with Crippen LogP contribution in [0, 0.1) is 0 Å². The van der Waals surface area contributed by atoms with Gasteiger partial charge >= 0.3 is 0 Å². The molecule has 116 valence electrons. The lowest BCUT2D eigenvalue weighted by molar-refractivity contribution is 0.637. The summed E-state index contributed by atoms with van der Waals surface area (Å²) in [6.07, 6.45) is 0.975. The molecule has 1 aromatic carbocycles. The van der Waals surface area contributed by atoms with E-state index in [-0.39, 0.29) is 5.15 Å². The van der Waals surface area contributed by atoms with Crippen molar-refractivity contribution in [1.29, 1.82) is 0 Å². The molecule has 0 bridgehead atoms. The average molecular weight is 355 g/mol. The summed E-state index contributed by atoms with van der Waals surface area (Å²) >= 11 is 7.81. The van der Waals surface area contributed by atoms with Gasteiger partial charge in [-0.25, -0.2) is 9.19 Å². The van der Waals surface area contributed by atoms with Gasteiger partial charge in [0.1, 0.15) is 0 Å². The number of hydrogen-bond acceptors (Lipinski definition) is 4. The van der Waals surface area contributed by atoms with E-state index in [0.717, 1.165) is 41.8 Å². The van der Waals surface area contributed by atoms with Crippen LogP contribution in [-0.2, 0) is 22.7 Å². The first-order valence-electron chi connectivity index (χ1n) is 6.95. The first-order valence-corrected chi connectivity index (χ1v) is 10.0. The summed E-state index contributed by atoms with van der Waals surface area (Å²) in [4.78, 5) is 4.28. The molecule has 22 heavy (non-hydrogen) atoms. The number of hydrogen-bond donors (Lipinski definition) is 2. The number of nitrogens with one attached hydrogen (secondary N) is 2. The van der Waals surface area contributed by atoms with Crippen LogP contribution in [0.2, 0.25) is 5.15 Å². The second-order valence-corrected chi connectivity index (χ2v) is 8.68. The first kappa shape index (κ1) is 14.3. The summed E-state index contributed by atoms with van der Waals surface area (Å²) in [5.41, 5.74) is 3.15. The molecule has 0 aliphatic carbocycles. The molecular weight excluding hydrogens is 340 g/mol. The molecule has 0 fully saturated rings. The smallest absolute Gasteiger partial charge is 0.170 e. The fourth-order valence-corrected chi connectivity index (χ4v) is 5.92. The van der Waals surface area contributed by atoms with Crippen molar-refractivity contribution < 1.29 is 4.21 Å². The average Bonchev–Trinajstić information content (AvgIpc) is 3.11. The van der Waals surface area contributed by atoms with Gasteiger partial charge in [0.05, 0.1) is 9.71 Å².